The highest BCUT2D eigenvalue weighted by Crippen LogP contribution is 2.15. The van der Waals surface area contributed by atoms with Crippen LogP contribution >= 0.6 is 0 Å². The monoisotopic (exact) mass is 287 g/mol. The molecule has 0 atom stereocenters. The van der Waals surface area contributed by atoms with Crippen LogP contribution < -0.4 is 0 Å². The number of carbonyl (C=O) groups is 1. The van der Waals surface area contributed by atoms with Crippen LogP contribution in [0.5, 0.6) is 0 Å². The second-order valence-electron chi connectivity index (χ2n) is 4.22. The van der Waals surface area contributed by atoms with E-state index in [9.17, 15) is 9.90 Å². The SMILES string of the molecule is C=C/C=C(\C)CC(=C)OC(=C)C(=O)/C=C(\O)C(=C)N=CC. The number of rotatable bonds is 9. The Balaban J connectivity index is 4.67. The van der Waals surface area contributed by atoms with Gasteiger partial charge in [0.1, 0.15) is 11.5 Å². The van der Waals surface area contributed by atoms with E-state index in [0.29, 0.717) is 12.2 Å². The molecular weight excluding hydrogens is 266 g/mol. The van der Waals surface area contributed by atoms with Gasteiger partial charge < -0.3 is 9.84 Å². The van der Waals surface area contributed by atoms with Gasteiger partial charge in [-0.2, -0.15) is 0 Å². The Kier molecular flexibility index (Phi) is 8.15. The fourth-order valence-electron chi connectivity index (χ4n) is 1.34. The van der Waals surface area contributed by atoms with Gasteiger partial charge in [-0.05, 0) is 13.8 Å². The van der Waals surface area contributed by atoms with Crippen LogP contribution in [0.15, 0.2) is 78.1 Å². The number of allylic oxidation sites excluding steroid dienone is 4. The van der Waals surface area contributed by atoms with Crippen molar-refractivity contribution in [3.8, 4) is 0 Å². The first-order chi connectivity index (χ1) is 9.81. The van der Waals surface area contributed by atoms with Crippen LogP contribution in [-0.4, -0.2) is 17.1 Å². The Morgan fingerprint density at radius 2 is 1.95 bits per heavy atom. The molecular formula is C17H21NO3. The van der Waals surface area contributed by atoms with E-state index >= 15 is 0 Å². The van der Waals surface area contributed by atoms with Crippen LogP contribution in [-0.2, 0) is 9.53 Å². The van der Waals surface area contributed by atoms with Crippen molar-refractivity contribution in [2.24, 2.45) is 4.99 Å². The standard InChI is InChI=1S/C17H21NO3/c1-7-9-12(3)10-13(4)21-15(6)17(20)11-16(19)14(5)18-8-2/h7-9,11,19H,1,4-6,10H2,2-3H3/b12-9+,16-11-,18-8?. The predicted octanol–water partition coefficient (Wildman–Crippen LogP) is 4.17. The first kappa shape index (κ1) is 18.4. The molecule has 0 aromatic heterocycles. The minimum atomic E-state index is -0.577. The summed E-state index contributed by atoms with van der Waals surface area (Å²) in [6.45, 7) is 17.9. The zero-order valence-corrected chi connectivity index (χ0v) is 12.6. The number of aliphatic hydroxyl groups is 1. The molecule has 0 rings (SSSR count). The summed E-state index contributed by atoms with van der Waals surface area (Å²) in [5, 5.41) is 9.61. The summed E-state index contributed by atoms with van der Waals surface area (Å²) in [6.07, 6.45) is 6.35. The van der Waals surface area contributed by atoms with Gasteiger partial charge in [0.05, 0.1) is 5.70 Å². The minimum Gasteiger partial charge on any atom is -0.506 e. The maximum Gasteiger partial charge on any atom is 0.224 e. The quantitative estimate of drug-likeness (QED) is 0.300. The van der Waals surface area contributed by atoms with Gasteiger partial charge in [-0.15, -0.1) is 0 Å². The van der Waals surface area contributed by atoms with Crippen molar-refractivity contribution in [3.05, 3.63) is 73.1 Å². The molecule has 0 aromatic rings. The molecule has 0 aliphatic heterocycles. The van der Waals surface area contributed by atoms with E-state index in [1.165, 1.54) is 6.21 Å². The third-order valence-electron chi connectivity index (χ3n) is 2.27. The Hall–Kier alpha value is -2.62. The average Bonchev–Trinajstić information content (AvgIpc) is 2.38. The Morgan fingerprint density at radius 3 is 2.48 bits per heavy atom. The predicted molar refractivity (Wildman–Crippen MR) is 87.0 cm³/mol. The highest BCUT2D eigenvalue weighted by Gasteiger charge is 2.10. The molecule has 0 spiro atoms. The Morgan fingerprint density at radius 1 is 1.33 bits per heavy atom. The lowest BCUT2D eigenvalue weighted by molar-refractivity contribution is -0.114. The second-order valence-corrected chi connectivity index (χ2v) is 4.22. The average molecular weight is 287 g/mol. The molecule has 0 radical (unpaired) electrons. The summed E-state index contributed by atoms with van der Waals surface area (Å²) in [5.41, 5.74) is 1.07. The maximum atomic E-state index is 11.8. The summed E-state index contributed by atoms with van der Waals surface area (Å²) in [7, 11) is 0. The topological polar surface area (TPSA) is 58.9 Å². The number of aliphatic imine (C=N–C) groups is 1. The van der Waals surface area contributed by atoms with Crippen molar-refractivity contribution in [1.82, 2.24) is 0 Å². The zero-order chi connectivity index (χ0) is 16.4. The third kappa shape index (κ3) is 7.52. The molecule has 21 heavy (non-hydrogen) atoms. The maximum absolute atomic E-state index is 11.8. The number of hydrogen-bond acceptors (Lipinski definition) is 4. The van der Waals surface area contributed by atoms with Crippen LogP contribution in [0.4, 0.5) is 0 Å². The number of hydrogen-bond donors (Lipinski definition) is 1. The smallest absolute Gasteiger partial charge is 0.224 e. The summed E-state index contributed by atoms with van der Waals surface area (Å²) >= 11 is 0. The first-order valence-corrected chi connectivity index (χ1v) is 6.27. The van der Waals surface area contributed by atoms with Crippen molar-refractivity contribution in [2.45, 2.75) is 20.3 Å². The van der Waals surface area contributed by atoms with Crippen molar-refractivity contribution in [2.75, 3.05) is 0 Å². The molecule has 0 saturated carbocycles. The number of ketones is 1. The van der Waals surface area contributed by atoms with E-state index in [1.807, 2.05) is 13.0 Å². The van der Waals surface area contributed by atoms with E-state index in [2.05, 4.69) is 31.3 Å². The summed E-state index contributed by atoms with van der Waals surface area (Å²) in [6, 6.07) is 0. The second kappa shape index (κ2) is 9.31. The third-order valence-corrected chi connectivity index (χ3v) is 2.27. The van der Waals surface area contributed by atoms with Gasteiger partial charge in [0.15, 0.2) is 5.76 Å². The van der Waals surface area contributed by atoms with Crippen LogP contribution in [0, 0.1) is 0 Å². The fraction of sp³-hybridized carbons (Fsp3) is 0.176. The van der Waals surface area contributed by atoms with Gasteiger partial charge in [0, 0.05) is 18.7 Å². The summed E-state index contributed by atoms with van der Waals surface area (Å²) in [4.78, 5) is 15.5. The van der Waals surface area contributed by atoms with E-state index in [0.717, 1.165) is 11.6 Å². The van der Waals surface area contributed by atoms with Crippen molar-refractivity contribution < 1.29 is 14.6 Å². The van der Waals surface area contributed by atoms with Crippen LogP contribution in [0.2, 0.25) is 0 Å². The lowest BCUT2D eigenvalue weighted by Gasteiger charge is -2.09. The number of carbonyl (C=O) groups excluding carboxylic acids is 1. The molecule has 1 N–H and O–H groups in total. The summed E-state index contributed by atoms with van der Waals surface area (Å²) < 4.78 is 5.23. The van der Waals surface area contributed by atoms with Gasteiger partial charge >= 0.3 is 0 Å². The van der Waals surface area contributed by atoms with Crippen molar-refractivity contribution >= 4 is 12.0 Å². The van der Waals surface area contributed by atoms with Gasteiger partial charge in [0.25, 0.3) is 0 Å². The van der Waals surface area contributed by atoms with Crippen molar-refractivity contribution in [3.63, 3.8) is 0 Å². The number of ether oxygens (including phenoxy) is 1. The van der Waals surface area contributed by atoms with Crippen LogP contribution in [0.1, 0.15) is 20.3 Å². The van der Waals surface area contributed by atoms with E-state index in [1.54, 1.807) is 13.0 Å². The largest absolute Gasteiger partial charge is 0.506 e. The van der Waals surface area contributed by atoms with Crippen LogP contribution in [0.3, 0.4) is 0 Å². The van der Waals surface area contributed by atoms with Crippen LogP contribution in [0.25, 0.3) is 0 Å². The van der Waals surface area contributed by atoms with E-state index < -0.39 is 5.78 Å². The molecule has 0 aliphatic carbocycles. The molecule has 0 saturated heterocycles. The number of aliphatic hydroxyl groups excluding tert-OH is 1. The molecule has 0 amide bonds. The highest BCUT2D eigenvalue weighted by atomic mass is 16.5. The van der Waals surface area contributed by atoms with E-state index in [4.69, 9.17) is 4.74 Å². The summed E-state index contributed by atoms with van der Waals surface area (Å²) in [5.74, 6) is -0.670. The van der Waals surface area contributed by atoms with Crippen molar-refractivity contribution in [1.29, 1.82) is 0 Å². The molecule has 112 valence electrons. The molecule has 0 aliphatic rings. The van der Waals surface area contributed by atoms with Gasteiger partial charge in [-0.3, -0.25) is 9.79 Å². The molecule has 0 heterocycles. The normalized spacial score (nSPS) is 12.1. The van der Waals surface area contributed by atoms with Gasteiger partial charge in [-0.1, -0.05) is 44.0 Å². The lowest BCUT2D eigenvalue weighted by atomic mass is 10.2. The molecule has 0 fully saturated rings. The first-order valence-electron chi connectivity index (χ1n) is 6.27. The fourth-order valence-corrected chi connectivity index (χ4v) is 1.34. The Labute approximate surface area is 125 Å². The zero-order valence-electron chi connectivity index (χ0n) is 12.6. The number of nitrogens with zero attached hydrogens (tertiary/aromatic N) is 1. The molecule has 4 nitrogen and oxygen atoms in total. The lowest BCUT2D eigenvalue weighted by Crippen LogP contribution is -2.04. The van der Waals surface area contributed by atoms with E-state index in [-0.39, 0.29) is 17.2 Å². The minimum absolute atomic E-state index is 0.0854. The molecule has 0 unspecified atom stereocenters. The van der Waals surface area contributed by atoms with Gasteiger partial charge in [0.2, 0.25) is 5.78 Å². The Bertz CT molecular complexity index is 548. The molecule has 4 heteroatoms. The highest BCUT2D eigenvalue weighted by molar-refractivity contribution is 6.02. The molecule has 0 aromatic carbocycles. The molecule has 0 bridgehead atoms. The van der Waals surface area contributed by atoms with Gasteiger partial charge in [-0.25, -0.2) is 0 Å².